The Morgan fingerprint density at radius 2 is 2.13 bits per heavy atom. The van der Waals surface area contributed by atoms with Crippen molar-refractivity contribution in [2.24, 2.45) is 0 Å². The van der Waals surface area contributed by atoms with Crippen molar-refractivity contribution in [1.82, 2.24) is 5.32 Å². The third-order valence-corrected chi connectivity index (χ3v) is 2.99. The molecule has 0 aliphatic carbocycles. The van der Waals surface area contributed by atoms with Gasteiger partial charge in [-0.05, 0) is 43.3 Å². The van der Waals surface area contributed by atoms with Crippen molar-refractivity contribution in [2.75, 3.05) is 11.4 Å². The normalized spacial score (nSPS) is 15.7. The first-order valence-electron chi connectivity index (χ1n) is 4.78. The van der Waals surface area contributed by atoms with E-state index < -0.39 is 0 Å². The number of aryl methyl sites for hydroxylation is 1. The molecular weight excluding hydrogens is 208 g/mol. The van der Waals surface area contributed by atoms with Crippen molar-refractivity contribution in [1.29, 1.82) is 0 Å². The number of carbonyl (C=O) groups excluding carboxylic acids is 1. The van der Waals surface area contributed by atoms with Gasteiger partial charge in [-0.3, -0.25) is 9.69 Å². The number of nitrogens with one attached hydrogen (secondary N) is 1. The van der Waals surface area contributed by atoms with Crippen LogP contribution in [-0.2, 0) is 4.79 Å². The van der Waals surface area contributed by atoms with Crippen LogP contribution in [0.4, 0.5) is 5.69 Å². The van der Waals surface area contributed by atoms with Crippen LogP contribution in [0.5, 0.6) is 0 Å². The first kappa shape index (κ1) is 10.1. The highest BCUT2D eigenvalue weighted by atomic mass is 32.1. The molecule has 0 spiro atoms. The van der Waals surface area contributed by atoms with Crippen LogP contribution in [0.25, 0.3) is 0 Å². The fourth-order valence-corrected chi connectivity index (χ4v) is 1.92. The number of hydrogen-bond donors (Lipinski definition) is 1. The molecule has 3 nitrogen and oxygen atoms in total. The largest absolute Gasteiger partial charge is 0.353 e. The van der Waals surface area contributed by atoms with Gasteiger partial charge in [0.15, 0.2) is 5.11 Å². The molecule has 15 heavy (non-hydrogen) atoms. The highest BCUT2D eigenvalue weighted by Crippen LogP contribution is 2.24. The summed E-state index contributed by atoms with van der Waals surface area (Å²) in [6, 6.07) is 5.88. The molecule has 0 aromatic heterocycles. The van der Waals surface area contributed by atoms with E-state index in [0.717, 1.165) is 16.8 Å². The minimum Gasteiger partial charge on any atom is -0.353 e. The number of nitrogens with zero attached hydrogens (tertiary/aromatic N) is 1. The standard InChI is InChI=1S/C11H12N2OS/c1-7-4-3-5-9(8(7)2)13-10(14)6-12-11(13)15/h3-5H,6H2,1-2H3,(H,12,15). The third-order valence-electron chi connectivity index (χ3n) is 2.66. The molecule has 1 heterocycles. The number of anilines is 1. The van der Waals surface area contributed by atoms with E-state index in [4.69, 9.17) is 12.2 Å². The fourth-order valence-electron chi connectivity index (χ4n) is 1.64. The molecule has 1 fully saturated rings. The molecule has 4 heteroatoms. The Morgan fingerprint density at radius 1 is 1.40 bits per heavy atom. The van der Waals surface area contributed by atoms with Gasteiger partial charge in [-0.25, -0.2) is 0 Å². The Hall–Kier alpha value is -1.42. The van der Waals surface area contributed by atoms with Crippen LogP contribution in [0.15, 0.2) is 18.2 Å². The zero-order chi connectivity index (χ0) is 11.0. The Kier molecular flexibility index (Phi) is 2.44. The maximum Gasteiger partial charge on any atom is 0.252 e. The van der Waals surface area contributed by atoms with Gasteiger partial charge in [0.05, 0.1) is 12.2 Å². The Balaban J connectivity index is 2.49. The molecule has 1 aliphatic rings. The molecule has 1 aliphatic heterocycles. The lowest BCUT2D eigenvalue weighted by Crippen LogP contribution is -2.31. The Labute approximate surface area is 94.1 Å². The first-order chi connectivity index (χ1) is 7.11. The van der Waals surface area contributed by atoms with Gasteiger partial charge in [-0.15, -0.1) is 0 Å². The van der Waals surface area contributed by atoms with Gasteiger partial charge in [0.2, 0.25) is 0 Å². The second-order valence-corrected chi connectivity index (χ2v) is 3.99. The lowest BCUT2D eigenvalue weighted by atomic mass is 10.1. The van der Waals surface area contributed by atoms with Gasteiger partial charge < -0.3 is 5.32 Å². The zero-order valence-corrected chi connectivity index (χ0v) is 9.52. The maximum atomic E-state index is 11.6. The van der Waals surface area contributed by atoms with E-state index >= 15 is 0 Å². The van der Waals surface area contributed by atoms with Crippen LogP contribution in [-0.4, -0.2) is 17.6 Å². The van der Waals surface area contributed by atoms with E-state index in [-0.39, 0.29) is 5.91 Å². The summed E-state index contributed by atoms with van der Waals surface area (Å²) in [7, 11) is 0. The van der Waals surface area contributed by atoms with Crippen molar-refractivity contribution >= 4 is 28.9 Å². The third kappa shape index (κ3) is 1.61. The number of rotatable bonds is 1. The second-order valence-electron chi connectivity index (χ2n) is 3.61. The summed E-state index contributed by atoms with van der Waals surface area (Å²) in [6.07, 6.45) is 0. The van der Waals surface area contributed by atoms with Crippen LogP contribution >= 0.6 is 12.2 Å². The van der Waals surface area contributed by atoms with Crippen molar-refractivity contribution in [3.63, 3.8) is 0 Å². The average molecular weight is 220 g/mol. The lowest BCUT2D eigenvalue weighted by molar-refractivity contribution is -0.115. The molecule has 78 valence electrons. The van der Waals surface area contributed by atoms with Crippen molar-refractivity contribution in [3.8, 4) is 0 Å². The molecule has 1 N–H and O–H groups in total. The Morgan fingerprint density at radius 3 is 2.73 bits per heavy atom. The molecule has 0 unspecified atom stereocenters. The summed E-state index contributed by atoms with van der Waals surface area (Å²) in [5.41, 5.74) is 3.14. The van der Waals surface area contributed by atoms with Crippen LogP contribution in [0.2, 0.25) is 0 Å². The molecule has 1 amide bonds. The van der Waals surface area contributed by atoms with Gasteiger partial charge in [-0.2, -0.15) is 0 Å². The number of benzene rings is 1. The fraction of sp³-hybridized carbons (Fsp3) is 0.273. The van der Waals surface area contributed by atoms with E-state index in [1.165, 1.54) is 0 Å². The maximum absolute atomic E-state index is 11.6. The molecule has 0 bridgehead atoms. The van der Waals surface area contributed by atoms with Crippen LogP contribution in [0.3, 0.4) is 0 Å². The highest BCUT2D eigenvalue weighted by Gasteiger charge is 2.27. The molecule has 2 rings (SSSR count). The second kappa shape index (κ2) is 3.62. The summed E-state index contributed by atoms with van der Waals surface area (Å²) in [6.45, 7) is 4.32. The van der Waals surface area contributed by atoms with Gasteiger partial charge in [0.25, 0.3) is 5.91 Å². The lowest BCUT2D eigenvalue weighted by Gasteiger charge is -2.18. The minimum absolute atomic E-state index is 0.00806. The van der Waals surface area contributed by atoms with E-state index in [1.807, 2.05) is 32.0 Å². The van der Waals surface area contributed by atoms with Crippen LogP contribution < -0.4 is 10.2 Å². The average Bonchev–Trinajstić information content (AvgIpc) is 2.52. The predicted molar refractivity (Wildman–Crippen MR) is 64.0 cm³/mol. The van der Waals surface area contributed by atoms with Crippen molar-refractivity contribution in [3.05, 3.63) is 29.3 Å². The summed E-state index contributed by atoms with van der Waals surface area (Å²) in [4.78, 5) is 13.2. The van der Waals surface area contributed by atoms with Crippen LogP contribution in [0, 0.1) is 13.8 Å². The molecule has 1 aromatic rings. The highest BCUT2D eigenvalue weighted by molar-refractivity contribution is 7.80. The summed E-state index contributed by atoms with van der Waals surface area (Å²) in [5, 5.41) is 3.37. The van der Waals surface area contributed by atoms with Crippen molar-refractivity contribution < 1.29 is 4.79 Å². The summed E-state index contributed by atoms with van der Waals surface area (Å²) in [5.74, 6) is 0.00806. The van der Waals surface area contributed by atoms with E-state index in [1.54, 1.807) is 4.90 Å². The molecular formula is C11H12N2OS. The smallest absolute Gasteiger partial charge is 0.252 e. The quantitative estimate of drug-likeness (QED) is 0.728. The number of amides is 1. The number of hydrogen-bond acceptors (Lipinski definition) is 2. The monoisotopic (exact) mass is 220 g/mol. The van der Waals surface area contributed by atoms with E-state index in [2.05, 4.69) is 5.32 Å². The molecule has 0 radical (unpaired) electrons. The van der Waals surface area contributed by atoms with Gasteiger partial charge in [-0.1, -0.05) is 12.1 Å². The SMILES string of the molecule is Cc1cccc(N2C(=O)CNC2=S)c1C. The molecule has 1 saturated heterocycles. The predicted octanol–water partition coefficient (Wildman–Crippen LogP) is 1.52. The molecule has 0 atom stereocenters. The van der Waals surface area contributed by atoms with E-state index in [9.17, 15) is 4.79 Å². The van der Waals surface area contributed by atoms with Crippen molar-refractivity contribution in [2.45, 2.75) is 13.8 Å². The van der Waals surface area contributed by atoms with Gasteiger partial charge in [0, 0.05) is 0 Å². The topological polar surface area (TPSA) is 32.3 Å². The first-order valence-corrected chi connectivity index (χ1v) is 5.19. The zero-order valence-electron chi connectivity index (χ0n) is 8.70. The number of carbonyl (C=O) groups is 1. The minimum atomic E-state index is 0.00806. The van der Waals surface area contributed by atoms with E-state index in [0.29, 0.717) is 11.7 Å². The Bertz CT molecular complexity index is 426. The summed E-state index contributed by atoms with van der Waals surface area (Å²) < 4.78 is 0. The number of thiocarbonyl (C=S) groups is 1. The summed E-state index contributed by atoms with van der Waals surface area (Å²) >= 11 is 5.10. The van der Waals surface area contributed by atoms with Crippen LogP contribution in [0.1, 0.15) is 11.1 Å². The molecule has 0 saturated carbocycles. The molecule has 1 aromatic carbocycles. The van der Waals surface area contributed by atoms with Gasteiger partial charge >= 0.3 is 0 Å². The van der Waals surface area contributed by atoms with Gasteiger partial charge in [0.1, 0.15) is 0 Å².